The predicted molar refractivity (Wildman–Crippen MR) is 66.1 cm³/mol. The van der Waals surface area contributed by atoms with Gasteiger partial charge in [0.2, 0.25) is 5.91 Å². The summed E-state index contributed by atoms with van der Waals surface area (Å²) in [5.41, 5.74) is 6.61. The molecule has 0 spiro atoms. The summed E-state index contributed by atoms with van der Waals surface area (Å²) < 4.78 is 5.44. The highest BCUT2D eigenvalue weighted by Crippen LogP contribution is 2.30. The third kappa shape index (κ3) is 2.78. The number of anilines is 1. The number of benzene rings is 1. The molecule has 2 amide bonds. The van der Waals surface area contributed by atoms with Crippen molar-refractivity contribution in [2.45, 2.75) is 19.6 Å². The van der Waals surface area contributed by atoms with E-state index in [9.17, 15) is 9.59 Å². The van der Waals surface area contributed by atoms with Crippen LogP contribution in [0, 0.1) is 0 Å². The molecule has 1 aliphatic rings. The Morgan fingerprint density at radius 1 is 1.56 bits per heavy atom. The molecule has 0 saturated heterocycles. The standard InChI is InChI=1S/C12H15N3O3/c1-7-12(17)15-9-4-8(2-3-10(9)18-7)5-14-6-11(13)16/h2-4,7,14H,5-6H2,1H3,(H2,13,16)(H,15,17). The molecule has 0 saturated carbocycles. The Kier molecular flexibility index (Phi) is 3.47. The number of carbonyl (C=O) groups is 2. The van der Waals surface area contributed by atoms with Crippen LogP contribution in [0.4, 0.5) is 5.69 Å². The predicted octanol–water partition coefficient (Wildman–Crippen LogP) is -0.0191. The van der Waals surface area contributed by atoms with Gasteiger partial charge < -0.3 is 21.1 Å². The van der Waals surface area contributed by atoms with Crippen LogP contribution in [-0.4, -0.2) is 24.5 Å². The van der Waals surface area contributed by atoms with Crippen LogP contribution in [0.3, 0.4) is 0 Å². The summed E-state index contributed by atoms with van der Waals surface area (Å²) in [5.74, 6) is 0.0870. The van der Waals surface area contributed by atoms with Crippen molar-refractivity contribution in [1.82, 2.24) is 5.32 Å². The summed E-state index contributed by atoms with van der Waals surface area (Å²) in [5, 5.41) is 5.67. The largest absolute Gasteiger partial charge is 0.479 e. The van der Waals surface area contributed by atoms with Gasteiger partial charge in [0.1, 0.15) is 5.75 Å². The molecule has 0 fully saturated rings. The first kappa shape index (κ1) is 12.4. The van der Waals surface area contributed by atoms with Gasteiger partial charge in [0.05, 0.1) is 12.2 Å². The van der Waals surface area contributed by atoms with Crippen molar-refractivity contribution >= 4 is 17.5 Å². The molecule has 6 nitrogen and oxygen atoms in total. The van der Waals surface area contributed by atoms with E-state index in [0.29, 0.717) is 18.0 Å². The average molecular weight is 249 g/mol. The molecule has 6 heteroatoms. The molecule has 0 aliphatic carbocycles. The molecule has 1 aromatic carbocycles. The van der Waals surface area contributed by atoms with E-state index in [2.05, 4.69) is 10.6 Å². The van der Waals surface area contributed by atoms with Crippen molar-refractivity contribution in [2.24, 2.45) is 5.73 Å². The number of hydrogen-bond acceptors (Lipinski definition) is 4. The molecule has 0 radical (unpaired) electrons. The van der Waals surface area contributed by atoms with Crippen LogP contribution in [-0.2, 0) is 16.1 Å². The number of hydrogen-bond donors (Lipinski definition) is 3. The second-order valence-electron chi connectivity index (χ2n) is 4.15. The Hall–Kier alpha value is -2.08. The number of ether oxygens (including phenoxy) is 1. The lowest BCUT2D eigenvalue weighted by atomic mass is 10.1. The zero-order chi connectivity index (χ0) is 13.1. The van der Waals surface area contributed by atoms with Gasteiger partial charge in [-0.2, -0.15) is 0 Å². The normalized spacial score (nSPS) is 17.6. The van der Waals surface area contributed by atoms with E-state index in [1.54, 1.807) is 13.0 Å². The maximum Gasteiger partial charge on any atom is 0.265 e. The van der Waals surface area contributed by atoms with E-state index in [4.69, 9.17) is 10.5 Å². The van der Waals surface area contributed by atoms with Crippen molar-refractivity contribution in [1.29, 1.82) is 0 Å². The van der Waals surface area contributed by atoms with Crippen molar-refractivity contribution in [2.75, 3.05) is 11.9 Å². The summed E-state index contributed by atoms with van der Waals surface area (Å²) in [7, 11) is 0. The Balaban J connectivity index is 2.05. The topological polar surface area (TPSA) is 93.4 Å². The molecule has 1 atom stereocenters. The minimum absolute atomic E-state index is 0.122. The molecule has 0 bridgehead atoms. The molecule has 4 N–H and O–H groups in total. The third-order valence-electron chi connectivity index (χ3n) is 2.60. The van der Waals surface area contributed by atoms with E-state index in [1.807, 2.05) is 12.1 Å². The van der Waals surface area contributed by atoms with Crippen molar-refractivity contribution in [3.05, 3.63) is 23.8 Å². The zero-order valence-corrected chi connectivity index (χ0v) is 10.0. The van der Waals surface area contributed by atoms with E-state index in [0.717, 1.165) is 5.56 Å². The van der Waals surface area contributed by atoms with Crippen LogP contribution >= 0.6 is 0 Å². The lowest BCUT2D eigenvalue weighted by molar-refractivity contribution is -0.122. The zero-order valence-electron chi connectivity index (χ0n) is 10.0. The highest BCUT2D eigenvalue weighted by atomic mass is 16.5. The second kappa shape index (κ2) is 5.05. The van der Waals surface area contributed by atoms with Gasteiger partial charge in [-0.25, -0.2) is 0 Å². The van der Waals surface area contributed by atoms with Gasteiger partial charge in [0.15, 0.2) is 6.10 Å². The van der Waals surface area contributed by atoms with Gasteiger partial charge in [0, 0.05) is 6.54 Å². The fourth-order valence-electron chi connectivity index (χ4n) is 1.70. The lowest BCUT2D eigenvalue weighted by Crippen LogP contribution is -2.34. The first-order chi connectivity index (χ1) is 8.56. The molecule has 96 valence electrons. The highest BCUT2D eigenvalue weighted by Gasteiger charge is 2.23. The molecule has 1 aromatic rings. The van der Waals surface area contributed by atoms with Crippen LogP contribution in [0.5, 0.6) is 5.75 Å². The Morgan fingerprint density at radius 3 is 3.06 bits per heavy atom. The summed E-state index contributed by atoms with van der Waals surface area (Å²) >= 11 is 0. The second-order valence-corrected chi connectivity index (χ2v) is 4.15. The number of amides is 2. The van der Waals surface area contributed by atoms with Crippen molar-refractivity contribution in [3.63, 3.8) is 0 Å². The average Bonchev–Trinajstić information content (AvgIpc) is 2.30. The van der Waals surface area contributed by atoms with Crippen LogP contribution in [0.2, 0.25) is 0 Å². The van der Waals surface area contributed by atoms with Gasteiger partial charge in [-0.05, 0) is 24.6 Å². The minimum Gasteiger partial charge on any atom is -0.479 e. The molecule has 2 rings (SSSR count). The number of nitrogens with two attached hydrogens (primary N) is 1. The molecule has 1 unspecified atom stereocenters. The van der Waals surface area contributed by atoms with Gasteiger partial charge >= 0.3 is 0 Å². The first-order valence-electron chi connectivity index (χ1n) is 5.66. The van der Waals surface area contributed by atoms with E-state index < -0.39 is 12.0 Å². The molecule has 0 aromatic heterocycles. The molecular weight excluding hydrogens is 234 g/mol. The Morgan fingerprint density at radius 2 is 2.33 bits per heavy atom. The Bertz CT molecular complexity index is 487. The fourth-order valence-corrected chi connectivity index (χ4v) is 1.70. The van der Waals surface area contributed by atoms with Crippen LogP contribution < -0.4 is 21.1 Å². The summed E-state index contributed by atoms with van der Waals surface area (Å²) in [4.78, 5) is 22.0. The first-order valence-corrected chi connectivity index (χ1v) is 5.66. The van der Waals surface area contributed by atoms with E-state index >= 15 is 0 Å². The monoisotopic (exact) mass is 249 g/mol. The number of fused-ring (bicyclic) bond motifs is 1. The third-order valence-corrected chi connectivity index (χ3v) is 2.60. The SMILES string of the molecule is CC1Oc2ccc(CNCC(N)=O)cc2NC1=O. The van der Waals surface area contributed by atoms with Crippen LogP contribution in [0.15, 0.2) is 18.2 Å². The number of carbonyl (C=O) groups excluding carboxylic acids is 2. The number of nitrogens with one attached hydrogen (secondary N) is 2. The van der Waals surface area contributed by atoms with Gasteiger partial charge in [0.25, 0.3) is 5.91 Å². The molecule has 18 heavy (non-hydrogen) atoms. The summed E-state index contributed by atoms with van der Waals surface area (Å²) in [6.07, 6.45) is -0.476. The van der Waals surface area contributed by atoms with E-state index in [-0.39, 0.29) is 12.5 Å². The molecule has 1 aliphatic heterocycles. The summed E-state index contributed by atoms with van der Waals surface area (Å²) in [6.45, 7) is 2.32. The van der Waals surface area contributed by atoms with Gasteiger partial charge in [-0.3, -0.25) is 9.59 Å². The summed E-state index contributed by atoms with van der Waals surface area (Å²) in [6, 6.07) is 5.48. The van der Waals surface area contributed by atoms with E-state index in [1.165, 1.54) is 0 Å². The van der Waals surface area contributed by atoms with Crippen LogP contribution in [0.1, 0.15) is 12.5 Å². The van der Waals surface area contributed by atoms with Gasteiger partial charge in [-0.15, -0.1) is 0 Å². The molecular formula is C12H15N3O3. The number of primary amides is 1. The molecule has 1 heterocycles. The fraction of sp³-hybridized carbons (Fsp3) is 0.333. The Labute approximate surface area is 104 Å². The minimum atomic E-state index is -0.476. The quantitative estimate of drug-likeness (QED) is 0.699. The maximum atomic E-state index is 11.5. The number of rotatable bonds is 4. The lowest BCUT2D eigenvalue weighted by Gasteiger charge is -2.23. The van der Waals surface area contributed by atoms with Crippen LogP contribution in [0.25, 0.3) is 0 Å². The van der Waals surface area contributed by atoms with Crippen molar-refractivity contribution < 1.29 is 14.3 Å². The maximum absolute atomic E-state index is 11.5. The highest BCUT2D eigenvalue weighted by molar-refractivity contribution is 5.97. The van der Waals surface area contributed by atoms with Gasteiger partial charge in [-0.1, -0.05) is 6.07 Å². The van der Waals surface area contributed by atoms with Crippen molar-refractivity contribution in [3.8, 4) is 5.75 Å². The smallest absolute Gasteiger partial charge is 0.265 e.